The van der Waals surface area contributed by atoms with Gasteiger partial charge >= 0.3 is 5.97 Å². The fourth-order valence-corrected chi connectivity index (χ4v) is 2.95. The van der Waals surface area contributed by atoms with Crippen LogP contribution in [-0.2, 0) is 4.74 Å². The molecule has 29 heavy (non-hydrogen) atoms. The summed E-state index contributed by atoms with van der Waals surface area (Å²) in [7, 11) is 0. The van der Waals surface area contributed by atoms with E-state index in [0.29, 0.717) is 11.3 Å². The number of hydrogen-bond donors (Lipinski definition) is 2. The Morgan fingerprint density at radius 2 is 1.72 bits per heavy atom. The van der Waals surface area contributed by atoms with Gasteiger partial charge in [-0.1, -0.05) is 30.3 Å². The molecule has 0 aliphatic carbocycles. The quantitative estimate of drug-likeness (QED) is 0.588. The van der Waals surface area contributed by atoms with Crippen molar-refractivity contribution in [1.29, 1.82) is 0 Å². The number of esters is 1. The molecule has 6 nitrogen and oxygen atoms in total. The molecule has 6 heteroatoms. The van der Waals surface area contributed by atoms with E-state index < -0.39 is 11.9 Å². The molecule has 1 heterocycles. The second-order valence-electron chi connectivity index (χ2n) is 6.54. The van der Waals surface area contributed by atoms with Gasteiger partial charge in [-0.3, -0.25) is 9.78 Å². The number of para-hydroxylation sites is 2. The zero-order chi connectivity index (χ0) is 20.8. The SMILES string of the molecule is CCOC(=O)c1ccccc1NC(=O)c1cc(Nc2c(C)cccc2C)ccn1. The molecule has 0 radical (unpaired) electrons. The lowest BCUT2D eigenvalue weighted by atomic mass is 10.1. The summed E-state index contributed by atoms with van der Waals surface area (Å²) in [5.41, 5.74) is 4.88. The van der Waals surface area contributed by atoms with Crippen LogP contribution in [0.4, 0.5) is 17.1 Å². The number of carbonyl (C=O) groups is 2. The lowest BCUT2D eigenvalue weighted by molar-refractivity contribution is 0.0527. The number of ether oxygens (including phenoxy) is 1. The van der Waals surface area contributed by atoms with Crippen molar-refractivity contribution in [2.75, 3.05) is 17.2 Å². The van der Waals surface area contributed by atoms with Crippen molar-refractivity contribution in [3.63, 3.8) is 0 Å². The minimum atomic E-state index is -0.484. The molecular weight excluding hydrogens is 366 g/mol. The Balaban J connectivity index is 1.81. The number of hydrogen-bond acceptors (Lipinski definition) is 5. The number of pyridine rings is 1. The third kappa shape index (κ3) is 4.79. The zero-order valence-corrected chi connectivity index (χ0v) is 16.7. The summed E-state index contributed by atoms with van der Waals surface area (Å²) in [4.78, 5) is 29.0. The van der Waals surface area contributed by atoms with E-state index in [2.05, 4.69) is 15.6 Å². The van der Waals surface area contributed by atoms with Crippen molar-refractivity contribution in [2.24, 2.45) is 0 Å². The minimum Gasteiger partial charge on any atom is -0.462 e. The maximum atomic E-state index is 12.7. The molecule has 0 saturated carbocycles. The van der Waals surface area contributed by atoms with Gasteiger partial charge in [0.05, 0.1) is 17.9 Å². The predicted molar refractivity (Wildman–Crippen MR) is 114 cm³/mol. The van der Waals surface area contributed by atoms with Gasteiger partial charge in [-0.15, -0.1) is 0 Å². The van der Waals surface area contributed by atoms with E-state index in [-0.39, 0.29) is 12.3 Å². The van der Waals surface area contributed by atoms with Crippen molar-refractivity contribution in [3.8, 4) is 0 Å². The number of aryl methyl sites for hydroxylation is 2. The number of carbonyl (C=O) groups excluding carboxylic acids is 2. The van der Waals surface area contributed by atoms with Crippen LogP contribution >= 0.6 is 0 Å². The van der Waals surface area contributed by atoms with Crippen molar-refractivity contribution in [3.05, 3.63) is 83.2 Å². The molecule has 0 bridgehead atoms. The topological polar surface area (TPSA) is 80.3 Å². The first-order valence-corrected chi connectivity index (χ1v) is 9.36. The molecule has 2 aromatic carbocycles. The van der Waals surface area contributed by atoms with Gasteiger partial charge < -0.3 is 15.4 Å². The highest BCUT2D eigenvalue weighted by Gasteiger charge is 2.16. The predicted octanol–water partition coefficient (Wildman–Crippen LogP) is 4.87. The van der Waals surface area contributed by atoms with Crippen LogP contribution in [0.2, 0.25) is 0 Å². The maximum Gasteiger partial charge on any atom is 0.340 e. The highest BCUT2D eigenvalue weighted by molar-refractivity contribution is 6.07. The lowest BCUT2D eigenvalue weighted by Crippen LogP contribution is -2.17. The second kappa shape index (κ2) is 9.01. The van der Waals surface area contributed by atoms with Crippen molar-refractivity contribution >= 4 is 28.9 Å². The van der Waals surface area contributed by atoms with Gasteiger partial charge in [0, 0.05) is 17.6 Å². The zero-order valence-electron chi connectivity index (χ0n) is 16.7. The van der Waals surface area contributed by atoms with Crippen LogP contribution in [0.5, 0.6) is 0 Å². The van der Waals surface area contributed by atoms with Crippen LogP contribution in [0.3, 0.4) is 0 Å². The molecule has 148 valence electrons. The Labute approximate surface area is 169 Å². The van der Waals surface area contributed by atoms with Gasteiger partial charge in [-0.25, -0.2) is 4.79 Å². The molecule has 1 amide bonds. The highest BCUT2D eigenvalue weighted by Crippen LogP contribution is 2.24. The minimum absolute atomic E-state index is 0.236. The summed E-state index contributed by atoms with van der Waals surface area (Å²) in [6, 6.07) is 16.3. The van der Waals surface area contributed by atoms with Gasteiger partial charge in [0.2, 0.25) is 0 Å². The largest absolute Gasteiger partial charge is 0.462 e. The van der Waals surface area contributed by atoms with E-state index in [1.165, 1.54) is 0 Å². The number of benzene rings is 2. The number of amides is 1. The monoisotopic (exact) mass is 389 g/mol. The number of aromatic nitrogens is 1. The molecule has 0 fully saturated rings. The van der Waals surface area contributed by atoms with Gasteiger partial charge in [-0.2, -0.15) is 0 Å². The lowest BCUT2D eigenvalue weighted by Gasteiger charge is -2.13. The standard InChI is InChI=1S/C23H23N3O3/c1-4-29-23(28)18-10-5-6-11-19(18)26-22(27)20-14-17(12-13-24-20)25-21-15(2)8-7-9-16(21)3/h5-14H,4H2,1-3H3,(H,24,25)(H,26,27). The number of nitrogens with zero attached hydrogens (tertiary/aromatic N) is 1. The molecule has 0 aliphatic heterocycles. The molecule has 0 spiro atoms. The maximum absolute atomic E-state index is 12.7. The van der Waals surface area contributed by atoms with Crippen LogP contribution in [0.1, 0.15) is 38.9 Å². The molecule has 0 atom stereocenters. The average molecular weight is 389 g/mol. The van der Waals surface area contributed by atoms with E-state index >= 15 is 0 Å². The summed E-state index contributed by atoms with van der Waals surface area (Å²) >= 11 is 0. The summed E-state index contributed by atoms with van der Waals surface area (Å²) in [5.74, 6) is -0.895. The first kappa shape index (κ1) is 20.1. The van der Waals surface area contributed by atoms with Crippen molar-refractivity contribution < 1.29 is 14.3 Å². The highest BCUT2D eigenvalue weighted by atomic mass is 16.5. The molecule has 0 unspecified atom stereocenters. The van der Waals surface area contributed by atoms with Gasteiger partial charge in [0.15, 0.2) is 0 Å². The summed E-state index contributed by atoms with van der Waals surface area (Å²) < 4.78 is 5.05. The first-order valence-electron chi connectivity index (χ1n) is 9.36. The second-order valence-corrected chi connectivity index (χ2v) is 6.54. The van der Waals surface area contributed by atoms with Gasteiger partial charge in [0.1, 0.15) is 5.69 Å². The normalized spacial score (nSPS) is 10.3. The molecule has 0 aliphatic rings. The fourth-order valence-electron chi connectivity index (χ4n) is 2.95. The Kier molecular flexibility index (Phi) is 6.24. The van der Waals surface area contributed by atoms with E-state index in [0.717, 1.165) is 22.5 Å². The van der Waals surface area contributed by atoms with E-state index in [4.69, 9.17) is 4.74 Å². The molecule has 0 saturated heterocycles. The summed E-state index contributed by atoms with van der Waals surface area (Å²) in [6.07, 6.45) is 1.57. The molecule has 1 aromatic heterocycles. The smallest absolute Gasteiger partial charge is 0.340 e. The first-order chi connectivity index (χ1) is 14.0. The molecule has 3 rings (SSSR count). The Hall–Kier alpha value is -3.67. The van der Waals surface area contributed by atoms with E-state index in [9.17, 15) is 9.59 Å². The van der Waals surface area contributed by atoms with Crippen LogP contribution in [0.15, 0.2) is 60.8 Å². The van der Waals surface area contributed by atoms with Crippen molar-refractivity contribution in [1.82, 2.24) is 4.98 Å². The van der Waals surface area contributed by atoms with Crippen LogP contribution in [0, 0.1) is 13.8 Å². The van der Waals surface area contributed by atoms with Crippen LogP contribution in [-0.4, -0.2) is 23.5 Å². The Bertz CT molecular complexity index is 1030. The number of nitrogens with one attached hydrogen (secondary N) is 2. The Morgan fingerprint density at radius 3 is 2.45 bits per heavy atom. The summed E-state index contributed by atoms with van der Waals surface area (Å²) in [5, 5.41) is 6.10. The van der Waals surface area contributed by atoms with Crippen LogP contribution < -0.4 is 10.6 Å². The molecule has 3 aromatic rings. The third-order valence-electron chi connectivity index (χ3n) is 4.41. The van der Waals surface area contributed by atoms with Gasteiger partial charge in [-0.05, 0) is 56.2 Å². The van der Waals surface area contributed by atoms with E-state index in [1.807, 2.05) is 32.0 Å². The molecule has 2 N–H and O–H groups in total. The summed E-state index contributed by atoms with van der Waals surface area (Å²) in [6.45, 7) is 6.04. The van der Waals surface area contributed by atoms with Crippen molar-refractivity contribution in [2.45, 2.75) is 20.8 Å². The third-order valence-corrected chi connectivity index (χ3v) is 4.41. The van der Waals surface area contributed by atoms with Gasteiger partial charge in [0.25, 0.3) is 5.91 Å². The average Bonchev–Trinajstić information content (AvgIpc) is 2.71. The Morgan fingerprint density at radius 1 is 1.00 bits per heavy atom. The van der Waals surface area contributed by atoms with Crippen LogP contribution in [0.25, 0.3) is 0 Å². The fraction of sp³-hybridized carbons (Fsp3) is 0.174. The number of rotatable bonds is 6. The number of anilines is 3. The molecular formula is C23H23N3O3. The van der Waals surface area contributed by atoms with E-state index in [1.54, 1.807) is 49.5 Å².